The van der Waals surface area contributed by atoms with E-state index in [-0.39, 0.29) is 0 Å². The van der Waals surface area contributed by atoms with Crippen LogP contribution in [-0.2, 0) is 9.59 Å². The molecule has 1 aromatic rings. The first-order valence-corrected chi connectivity index (χ1v) is 6.29. The van der Waals surface area contributed by atoms with E-state index in [0.29, 0.717) is 11.3 Å². The fourth-order valence-electron chi connectivity index (χ4n) is 1.17. The van der Waals surface area contributed by atoms with Gasteiger partial charge in [-0.3, -0.25) is 9.59 Å². The highest BCUT2D eigenvalue weighted by molar-refractivity contribution is 9.09. The molecule has 1 atom stereocenters. The zero-order valence-corrected chi connectivity index (χ0v) is 12.0. The van der Waals surface area contributed by atoms with Crippen LogP contribution < -0.4 is 4.74 Å². The summed E-state index contributed by atoms with van der Waals surface area (Å²) < 4.78 is 5.31. The number of alkyl halides is 1. The number of hydrogen-bond acceptors (Lipinski definition) is 4. The highest BCUT2D eigenvalue weighted by Gasteiger charge is 2.40. The Labute approximate surface area is 118 Å². The van der Waals surface area contributed by atoms with Crippen LogP contribution in [0, 0.1) is 16.7 Å². The third-order valence-electron chi connectivity index (χ3n) is 2.58. The highest BCUT2D eigenvalue weighted by Crippen LogP contribution is 2.24. The molecule has 0 radical (unpaired) electrons. The maximum absolute atomic E-state index is 11.9. The van der Waals surface area contributed by atoms with E-state index in [2.05, 4.69) is 15.9 Å². The fourth-order valence-corrected chi connectivity index (χ4v) is 1.96. The van der Waals surface area contributed by atoms with Crippen LogP contribution in [0.1, 0.15) is 19.4 Å². The Morgan fingerprint density at radius 3 is 2.32 bits per heavy atom. The van der Waals surface area contributed by atoms with Crippen molar-refractivity contribution >= 4 is 27.7 Å². The first kappa shape index (κ1) is 15.2. The van der Waals surface area contributed by atoms with Gasteiger partial charge in [0.2, 0.25) is 10.8 Å². The molecule has 1 aromatic carbocycles. The topological polar surface area (TPSA) is 87.4 Å². The van der Waals surface area contributed by atoms with Crippen LogP contribution in [0.2, 0.25) is 0 Å². The zero-order chi connectivity index (χ0) is 14.6. The van der Waals surface area contributed by atoms with Crippen molar-refractivity contribution in [3.8, 4) is 11.8 Å². The Hall–Kier alpha value is -1.87. The Kier molecular flexibility index (Phi) is 4.67. The number of carbonyl (C=O) groups excluding carboxylic acids is 1. The number of ether oxygens (including phenoxy) is 1. The molecule has 0 aromatic heterocycles. The summed E-state index contributed by atoms with van der Waals surface area (Å²) in [6, 6.07) is 8.12. The van der Waals surface area contributed by atoms with Gasteiger partial charge in [-0.15, -0.1) is 0 Å². The summed E-state index contributed by atoms with van der Waals surface area (Å²) in [6.07, 6.45) is 0. The molecule has 1 unspecified atom stereocenters. The minimum atomic E-state index is -1.54. The van der Waals surface area contributed by atoms with Crippen LogP contribution in [0.5, 0.6) is 5.75 Å². The molecule has 1 rings (SSSR count). The van der Waals surface area contributed by atoms with E-state index >= 15 is 0 Å². The van der Waals surface area contributed by atoms with Gasteiger partial charge in [0.05, 0.1) is 11.6 Å². The summed E-state index contributed by atoms with van der Waals surface area (Å²) in [5.74, 6) is -1.44. The predicted molar refractivity (Wildman–Crippen MR) is 70.9 cm³/mol. The largest absolute Gasteiger partial charge is 0.481 e. The number of rotatable bonds is 5. The minimum Gasteiger partial charge on any atom is -0.481 e. The van der Waals surface area contributed by atoms with Crippen molar-refractivity contribution in [1.82, 2.24) is 0 Å². The second kappa shape index (κ2) is 5.85. The van der Waals surface area contributed by atoms with E-state index < -0.39 is 22.2 Å². The van der Waals surface area contributed by atoms with Gasteiger partial charge >= 0.3 is 5.97 Å². The molecule has 0 bridgehead atoms. The van der Waals surface area contributed by atoms with E-state index in [4.69, 9.17) is 15.1 Å². The van der Waals surface area contributed by atoms with Gasteiger partial charge in [-0.2, -0.15) is 5.26 Å². The highest BCUT2D eigenvalue weighted by atomic mass is 79.9. The van der Waals surface area contributed by atoms with Crippen LogP contribution in [0.4, 0.5) is 0 Å². The summed E-state index contributed by atoms with van der Waals surface area (Å²) in [7, 11) is 0. The normalized spacial score (nSPS) is 12.3. The number of ketones is 1. The van der Waals surface area contributed by atoms with Gasteiger partial charge in [0.1, 0.15) is 11.2 Å². The first-order valence-electron chi connectivity index (χ1n) is 5.37. The molecule has 0 aliphatic heterocycles. The van der Waals surface area contributed by atoms with Crippen molar-refractivity contribution in [1.29, 1.82) is 5.26 Å². The zero-order valence-electron chi connectivity index (χ0n) is 10.4. The number of hydrogen-bond donors (Lipinski definition) is 1. The van der Waals surface area contributed by atoms with Gasteiger partial charge in [0.15, 0.2) is 0 Å². The molecule has 0 saturated heterocycles. The number of halogens is 1. The van der Waals surface area contributed by atoms with Gasteiger partial charge in [0, 0.05) is 0 Å². The lowest BCUT2D eigenvalue weighted by atomic mass is 9.89. The maximum Gasteiger partial charge on any atom is 0.316 e. The Morgan fingerprint density at radius 1 is 1.37 bits per heavy atom. The number of carboxylic acids is 1. The molecule has 5 nitrogen and oxygen atoms in total. The molecular formula is C13H12BrNO4. The van der Waals surface area contributed by atoms with E-state index in [1.54, 1.807) is 12.1 Å². The second-order valence-electron chi connectivity index (χ2n) is 4.36. The molecule has 100 valence electrons. The Morgan fingerprint density at radius 2 is 1.89 bits per heavy atom. The smallest absolute Gasteiger partial charge is 0.316 e. The molecule has 0 spiro atoms. The molecule has 0 aliphatic carbocycles. The van der Waals surface area contributed by atoms with Crippen molar-refractivity contribution in [2.75, 3.05) is 0 Å². The number of nitrogens with zero attached hydrogens (tertiary/aromatic N) is 1. The standard InChI is InChI=1S/C13H12BrNO4/c1-13(2,12(17)18)10(16)11(14)19-9-5-3-8(7-15)4-6-9/h3-6,11H,1-2H3,(H,17,18). The average molecular weight is 326 g/mol. The van der Waals surface area contributed by atoms with E-state index in [1.807, 2.05) is 6.07 Å². The number of aliphatic carboxylic acids is 1. The Balaban J connectivity index is 2.79. The first-order chi connectivity index (χ1) is 8.78. The quantitative estimate of drug-likeness (QED) is 0.663. The predicted octanol–water partition coefficient (Wildman–Crippen LogP) is 2.34. The van der Waals surface area contributed by atoms with Gasteiger partial charge in [-0.25, -0.2) is 0 Å². The lowest BCUT2D eigenvalue weighted by molar-refractivity contribution is -0.153. The lowest BCUT2D eigenvalue weighted by Crippen LogP contribution is -2.40. The number of Topliss-reactive ketones (excluding diaryl/α,β-unsaturated/α-hetero) is 1. The molecular weight excluding hydrogens is 314 g/mol. The number of carbonyl (C=O) groups is 2. The number of carboxylic acid groups (broad SMARTS) is 1. The number of benzene rings is 1. The van der Waals surface area contributed by atoms with Gasteiger partial charge < -0.3 is 9.84 Å². The van der Waals surface area contributed by atoms with Crippen molar-refractivity contribution in [2.45, 2.75) is 18.9 Å². The summed E-state index contributed by atoms with van der Waals surface area (Å²) in [5.41, 5.74) is -1.07. The van der Waals surface area contributed by atoms with Crippen LogP contribution >= 0.6 is 15.9 Å². The molecule has 0 amide bonds. The van der Waals surface area contributed by atoms with Crippen molar-refractivity contribution in [2.24, 2.45) is 5.41 Å². The van der Waals surface area contributed by atoms with E-state index in [1.165, 1.54) is 26.0 Å². The summed E-state index contributed by atoms with van der Waals surface area (Å²) in [5, 5.41) is 16.5. The minimum absolute atomic E-state index is 0.371. The lowest BCUT2D eigenvalue weighted by Gasteiger charge is -2.21. The third-order valence-corrected chi connectivity index (χ3v) is 3.18. The number of nitriles is 1. The molecule has 0 fully saturated rings. The molecule has 0 aliphatic rings. The van der Waals surface area contributed by atoms with Gasteiger partial charge in [-0.1, -0.05) is 0 Å². The van der Waals surface area contributed by atoms with Crippen molar-refractivity contribution < 1.29 is 19.4 Å². The molecule has 1 N–H and O–H groups in total. The average Bonchev–Trinajstić information content (AvgIpc) is 2.38. The summed E-state index contributed by atoms with van der Waals surface area (Å²) in [4.78, 5) is 22.9. The van der Waals surface area contributed by atoms with E-state index in [9.17, 15) is 9.59 Å². The molecule has 19 heavy (non-hydrogen) atoms. The van der Waals surface area contributed by atoms with Crippen LogP contribution in [-0.4, -0.2) is 21.9 Å². The monoisotopic (exact) mass is 325 g/mol. The van der Waals surface area contributed by atoms with Crippen LogP contribution in [0.25, 0.3) is 0 Å². The second-order valence-corrected chi connectivity index (χ2v) is 5.20. The molecule has 0 saturated carbocycles. The SMILES string of the molecule is CC(C)(C(=O)O)C(=O)C(Br)Oc1ccc(C#N)cc1. The molecule has 0 heterocycles. The van der Waals surface area contributed by atoms with E-state index in [0.717, 1.165) is 0 Å². The van der Waals surface area contributed by atoms with Crippen LogP contribution in [0.3, 0.4) is 0 Å². The van der Waals surface area contributed by atoms with Gasteiger partial charge in [-0.05, 0) is 54.0 Å². The van der Waals surface area contributed by atoms with Crippen molar-refractivity contribution in [3.63, 3.8) is 0 Å². The maximum atomic E-state index is 11.9. The fraction of sp³-hybridized carbons (Fsp3) is 0.308. The third kappa shape index (κ3) is 3.55. The van der Waals surface area contributed by atoms with Crippen LogP contribution in [0.15, 0.2) is 24.3 Å². The van der Waals surface area contributed by atoms with Crippen molar-refractivity contribution in [3.05, 3.63) is 29.8 Å². The van der Waals surface area contributed by atoms with Gasteiger partial charge in [0.25, 0.3) is 0 Å². The Bertz CT molecular complexity index is 531. The summed E-state index contributed by atoms with van der Waals surface area (Å²) in [6.45, 7) is 2.63. The summed E-state index contributed by atoms with van der Waals surface area (Å²) >= 11 is 3.02. The molecule has 6 heteroatoms.